The van der Waals surface area contributed by atoms with Gasteiger partial charge in [-0.3, -0.25) is 0 Å². The summed E-state index contributed by atoms with van der Waals surface area (Å²) in [4.78, 5) is 2.35. The zero-order valence-electron chi connectivity index (χ0n) is 12.8. The first kappa shape index (κ1) is 15.1. The molecule has 0 aromatic heterocycles. The van der Waals surface area contributed by atoms with Crippen LogP contribution in [0.15, 0.2) is 18.2 Å². The van der Waals surface area contributed by atoms with Crippen molar-refractivity contribution in [2.24, 2.45) is 5.73 Å². The minimum Gasteiger partial charge on any atom is -0.486 e. The number of rotatable bonds is 6. The zero-order chi connectivity index (χ0) is 14.5. The molecule has 0 aliphatic carbocycles. The summed E-state index contributed by atoms with van der Waals surface area (Å²) in [5.74, 6) is 1.63. The molecule has 1 aromatic rings. The molecule has 0 radical (unpaired) electrons. The Balaban J connectivity index is 2.03. The molecular formula is C16H26N2O2. The van der Waals surface area contributed by atoms with Crippen molar-refractivity contribution in [1.29, 1.82) is 0 Å². The largest absolute Gasteiger partial charge is 0.486 e. The van der Waals surface area contributed by atoms with Gasteiger partial charge in [-0.25, -0.2) is 0 Å². The number of hydrogen-bond acceptors (Lipinski definition) is 4. The number of nitrogens with zero attached hydrogens (tertiary/aromatic N) is 1. The second kappa shape index (κ2) is 6.95. The third-order valence-corrected chi connectivity index (χ3v) is 4.04. The molecule has 1 atom stereocenters. The van der Waals surface area contributed by atoms with Gasteiger partial charge in [0.25, 0.3) is 0 Å². The summed E-state index contributed by atoms with van der Waals surface area (Å²) in [5.41, 5.74) is 7.44. The fourth-order valence-corrected chi connectivity index (χ4v) is 2.77. The smallest absolute Gasteiger partial charge is 0.161 e. The quantitative estimate of drug-likeness (QED) is 0.869. The highest BCUT2D eigenvalue weighted by Crippen LogP contribution is 2.32. The van der Waals surface area contributed by atoms with Crippen molar-refractivity contribution in [3.8, 4) is 11.5 Å². The van der Waals surface area contributed by atoms with E-state index in [1.807, 2.05) is 18.2 Å². The van der Waals surface area contributed by atoms with Crippen molar-refractivity contribution < 1.29 is 9.47 Å². The maximum absolute atomic E-state index is 6.34. The van der Waals surface area contributed by atoms with Crippen molar-refractivity contribution in [2.45, 2.75) is 38.8 Å². The van der Waals surface area contributed by atoms with Crippen LogP contribution in [0.3, 0.4) is 0 Å². The molecule has 112 valence electrons. The minimum atomic E-state index is -0.00331. The van der Waals surface area contributed by atoms with Crippen molar-refractivity contribution in [3.63, 3.8) is 0 Å². The molecule has 4 nitrogen and oxygen atoms in total. The van der Waals surface area contributed by atoms with Gasteiger partial charge in [0.05, 0.1) is 0 Å². The van der Waals surface area contributed by atoms with Gasteiger partial charge in [-0.15, -0.1) is 0 Å². The van der Waals surface area contributed by atoms with E-state index in [0.29, 0.717) is 19.3 Å². The average molecular weight is 278 g/mol. The summed E-state index contributed by atoms with van der Waals surface area (Å²) in [6.07, 6.45) is 2.31. The highest BCUT2D eigenvalue weighted by atomic mass is 16.6. The van der Waals surface area contributed by atoms with Crippen LogP contribution in [0.2, 0.25) is 0 Å². The summed E-state index contributed by atoms with van der Waals surface area (Å²) >= 11 is 0. The number of benzene rings is 1. The number of ether oxygens (including phenoxy) is 2. The minimum absolute atomic E-state index is 0.00331. The van der Waals surface area contributed by atoms with Gasteiger partial charge in [0.15, 0.2) is 11.5 Å². The predicted molar refractivity (Wildman–Crippen MR) is 81.4 cm³/mol. The van der Waals surface area contributed by atoms with E-state index >= 15 is 0 Å². The maximum atomic E-state index is 6.34. The lowest BCUT2D eigenvalue weighted by Crippen LogP contribution is -2.36. The molecule has 1 unspecified atom stereocenters. The van der Waals surface area contributed by atoms with E-state index < -0.39 is 0 Å². The summed E-state index contributed by atoms with van der Waals surface area (Å²) in [6.45, 7) is 6.53. The molecule has 0 spiro atoms. The SMILES string of the molecule is CCC(CC)N(C)CC(N)c1ccc2c(c1)OCCO2. The fraction of sp³-hybridized carbons (Fsp3) is 0.625. The number of fused-ring (bicyclic) bond motifs is 1. The normalized spacial score (nSPS) is 15.7. The highest BCUT2D eigenvalue weighted by molar-refractivity contribution is 5.44. The molecule has 2 N–H and O–H groups in total. The molecule has 0 fully saturated rings. The van der Waals surface area contributed by atoms with E-state index in [9.17, 15) is 0 Å². The van der Waals surface area contributed by atoms with Gasteiger partial charge < -0.3 is 20.1 Å². The lowest BCUT2D eigenvalue weighted by molar-refractivity contribution is 0.171. The molecule has 0 amide bonds. The Morgan fingerprint density at radius 2 is 1.80 bits per heavy atom. The van der Waals surface area contributed by atoms with Gasteiger partial charge in [-0.2, -0.15) is 0 Å². The number of hydrogen-bond donors (Lipinski definition) is 1. The molecule has 1 heterocycles. The monoisotopic (exact) mass is 278 g/mol. The second-order valence-corrected chi connectivity index (χ2v) is 5.42. The van der Waals surface area contributed by atoms with E-state index in [1.54, 1.807) is 0 Å². The highest BCUT2D eigenvalue weighted by Gasteiger charge is 2.18. The average Bonchev–Trinajstić information content (AvgIpc) is 2.48. The molecule has 1 aliphatic rings. The van der Waals surface area contributed by atoms with E-state index in [-0.39, 0.29) is 6.04 Å². The number of likely N-dealkylation sites (N-methyl/N-ethyl adjacent to an activating group) is 1. The molecule has 0 saturated heterocycles. The van der Waals surface area contributed by atoms with Crippen molar-refractivity contribution in [3.05, 3.63) is 23.8 Å². The molecular weight excluding hydrogens is 252 g/mol. The predicted octanol–water partition coefficient (Wildman–Crippen LogP) is 2.58. The first-order valence-corrected chi connectivity index (χ1v) is 7.51. The molecule has 4 heteroatoms. The lowest BCUT2D eigenvalue weighted by Gasteiger charge is -2.29. The topological polar surface area (TPSA) is 47.7 Å². The van der Waals surface area contributed by atoms with E-state index in [0.717, 1.165) is 36.4 Å². The molecule has 0 bridgehead atoms. The Labute approximate surface area is 121 Å². The van der Waals surface area contributed by atoms with Gasteiger partial charge in [0, 0.05) is 18.6 Å². The van der Waals surface area contributed by atoms with Gasteiger partial charge >= 0.3 is 0 Å². The summed E-state index contributed by atoms with van der Waals surface area (Å²) in [7, 11) is 2.15. The molecule has 1 aliphatic heterocycles. The van der Waals surface area contributed by atoms with Crippen LogP contribution in [-0.2, 0) is 0 Å². The fourth-order valence-electron chi connectivity index (χ4n) is 2.77. The Bertz CT molecular complexity index is 432. The van der Waals surface area contributed by atoms with Crippen LogP contribution in [0.5, 0.6) is 11.5 Å². The van der Waals surface area contributed by atoms with Crippen molar-refractivity contribution in [1.82, 2.24) is 4.90 Å². The van der Waals surface area contributed by atoms with Crippen LogP contribution in [-0.4, -0.2) is 37.7 Å². The van der Waals surface area contributed by atoms with Crippen LogP contribution in [0.4, 0.5) is 0 Å². The molecule has 1 aromatic carbocycles. The first-order chi connectivity index (χ1) is 9.65. The Morgan fingerprint density at radius 3 is 2.45 bits per heavy atom. The van der Waals surface area contributed by atoms with Gasteiger partial charge in [0.2, 0.25) is 0 Å². The Hall–Kier alpha value is -1.26. The molecule has 20 heavy (non-hydrogen) atoms. The second-order valence-electron chi connectivity index (χ2n) is 5.42. The van der Waals surface area contributed by atoms with Crippen LogP contribution < -0.4 is 15.2 Å². The summed E-state index contributed by atoms with van der Waals surface area (Å²) in [5, 5.41) is 0. The maximum Gasteiger partial charge on any atom is 0.161 e. The van der Waals surface area contributed by atoms with Gasteiger partial charge in [0.1, 0.15) is 13.2 Å². The van der Waals surface area contributed by atoms with Crippen LogP contribution in [0, 0.1) is 0 Å². The Kier molecular flexibility index (Phi) is 5.26. The van der Waals surface area contributed by atoms with Gasteiger partial charge in [-0.1, -0.05) is 19.9 Å². The van der Waals surface area contributed by atoms with E-state index in [1.165, 1.54) is 0 Å². The van der Waals surface area contributed by atoms with E-state index in [4.69, 9.17) is 15.2 Å². The molecule has 0 saturated carbocycles. The zero-order valence-corrected chi connectivity index (χ0v) is 12.8. The van der Waals surface area contributed by atoms with Crippen LogP contribution >= 0.6 is 0 Å². The van der Waals surface area contributed by atoms with Crippen LogP contribution in [0.1, 0.15) is 38.3 Å². The third kappa shape index (κ3) is 3.44. The van der Waals surface area contributed by atoms with Gasteiger partial charge in [-0.05, 0) is 37.6 Å². The third-order valence-electron chi connectivity index (χ3n) is 4.04. The van der Waals surface area contributed by atoms with E-state index in [2.05, 4.69) is 25.8 Å². The lowest BCUT2D eigenvalue weighted by atomic mass is 10.0. The summed E-state index contributed by atoms with van der Waals surface area (Å²) < 4.78 is 11.2. The standard InChI is InChI=1S/C16H26N2O2/c1-4-13(5-2)18(3)11-14(17)12-6-7-15-16(10-12)20-9-8-19-15/h6-7,10,13-14H,4-5,8-9,11,17H2,1-3H3. The Morgan fingerprint density at radius 1 is 1.15 bits per heavy atom. The van der Waals surface area contributed by atoms with Crippen molar-refractivity contribution >= 4 is 0 Å². The van der Waals surface area contributed by atoms with Crippen LogP contribution in [0.25, 0.3) is 0 Å². The first-order valence-electron chi connectivity index (χ1n) is 7.51. The number of nitrogens with two attached hydrogens (primary N) is 1. The van der Waals surface area contributed by atoms with Crippen molar-refractivity contribution in [2.75, 3.05) is 26.8 Å². The molecule has 2 rings (SSSR count). The summed E-state index contributed by atoms with van der Waals surface area (Å²) in [6, 6.07) is 6.61.